The quantitative estimate of drug-likeness (QED) is 0.806. The zero-order valence-electron chi connectivity index (χ0n) is 13.0. The molecule has 1 saturated carbocycles. The third-order valence-corrected chi connectivity index (χ3v) is 5.61. The first-order chi connectivity index (χ1) is 9.85. The van der Waals surface area contributed by atoms with Crippen LogP contribution in [0.4, 0.5) is 4.39 Å². The second-order valence-corrected chi connectivity index (χ2v) is 7.30. The zero-order valence-corrected chi connectivity index (χ0v) is 14.5. The molecule has 0 spiro atoms. The third kappa shape index (κ3) is 3.54. The molecule has 2 nitrogen and oxygen atoms in total. The Morgan fingerprint density at radius 1 is 1.38 bits per heavy atom. The van der Waals surface area contributed by atoms with Gasteiger partial charge in [0.05, 0.1) is 5.54 Å². The van der Waals surface area contributed by atoms with Crippen LogP contribution in [-0.4, -0.2) is 30.3 Å². The molecule has 1 aliphatic rings. The number of likely N-dealkylation sites (N-methyl/N-ethyl adjacent to an activating group) is 1. The predicted molar refractivity (Wildman–Crippen MR) is 86.9 cm³/mol. The Morgan fingerprint density at radius 2 is 2.00 bits per heavy atom. The summed E-state index contributed by atoms with van der Waals surface area (Å²) in [6.45, 7) is 2.24. The van der Waals surface area contributed by atoms with Crippen LogP contribution in [0.5, 0.6) is 0 Å². The van der Waals surface area contributed by atoms with Gasteiger partial charge >= 0.3 is 0 Å². The molecule has 0 aliphatic heterocycles. The van der Waals surface area contributed by atoms with Crippen molar-refractivity contribution < 1.29 is 9.18 Å². The maximum atomic E-state index is 13.4. The van der Waals surface area contributed by atoms with Crippen LogP contribution in [0.2, 0.25) is 0 Å². The van der Waals surface area contributed by atoms with E-state index in [9.17, 15) is 9.18 Å². The Labute approximate surface area is 134 Å². The van der Waals surface area contributed by atoms with Crippen molar-refractivity contribution in [1.82, 2.24) is 4.90 Å². The van der Waals surface area contributed by atoms with Crippen LogP contribution < -0.4 is 0 Å². The largest absolute Gasteiger partial charge is 0.297 e. The van der Waals surface area contributed by atoms with Crippen LogP contribution >= 0.6 is 15.9 Å². The number of carbonyl (C=O) groups excluding carboxylic acids is 1. The van der Waals surface area contributed by atoms with E-state index in [1.54, 1.807) is 6.07 Å². The molecule has 0 N–H and O–H groups in total. The van der Waals surface area contributed by atoms with E-state index in [4.69, 9.17) is 0 Å². The second kappa shape index (κ2) is 6.57. The summed E-state index contributed by atoms with van der Waals surface area (Å²) >= 11 is 3.41. The monoisotopic (exact) mass is 355 g/mol. The van der Waals surface area contributed by atoms with E-state index in [2.05, 4.69) is 27.8 Å². The van der Waals surface area contributed by atoms with Crippen LogP contribution in [-0.2, 0) is 11.2 Å². The average Bonchev–Trinajstić information content (AvgIpc) is 2.43. The normalized spacial score (nSPS) is 26.1. The van der Waals surface area contributed by atoms with Crippen LogP contribution in [0.15, 0.2) is 22.7 Å². The zero-order chi connectivity index (χ0) is 15.6. The molecule has 4 heteroatoms. The minimum atomic E-state index is -0.391. The van der Waals surface area contributed by atoms with Gasteiger partial charge in [-0.1, -0.05) is 22.9 Å². The smallest absolute Gasteiger partial charge is 0.157 e. The molecule has 0 unspecified atom stereocenters. The van der Waals surface area contributed by atoms with Crippen molar-refractivity contribution in [3.8, 4) is 0 Å². The Morgan fingerprint density at radius 3 is 2.57 bits per heavy atom. The number of hydrogen-bond donors (Lipinski definition) is 0. The molecule has 1 aromatic carbocycles. The standard InChI is InChI=1S/C17H23BrFNO/c1-12-6-8-17(9-7-12,20(2)3)16(21)11-13-10-14(19)4-5-15(13)18/h4-5,10,12H,6-9,11H2,1-3H3. The van der Waals surface area contributed by atoms with Gasteiger partial charge in [0.15, 0.2) is 5.78 Å². The van der Waals surface area contributed by atoms with Gasteiger partial charge in [-0.2, -0.15) is 0 Å². The lowest BCUT2D eigenvalue weighted by atomic mass is 9.72. The van der Waals surface area contributed by atoms with Gasteiger partial charge in [0.1, 0.15) is 5.82 Å². The Hall–Kier alpha value is -0.740. The highest BCUT2D eigenvalue weighted by atomic mass is 79.9. The minimum absolute atomic E-state index is 0.200. The van der Waals surface area contributed by atoms with Gasteiger partial charge in [0, 0.05) is 10.9 Å². The molecular weight excluding hydrogens is 333 g/mol. The number of rotatable bonds is 4. The lowest BCUT2D eigenvalue weighted by Crippen LogP contribution is -2.53. The van der Waals surface area contributed by atoms with Crippen molar-refractivity contribution in [3.63, 3.8) is 0 Å². The van der Waals surface area contributed by atoms with Gasteiger partial charge in [-0.05, 0) is 69.5 Å². The number of benzene rings is 1. The van der Waals surface area contributed by atoms with Crippen molar-refractivity contribution >= 4 is 21.7 Å². The molecule has 0 heterocycles. The number of Topliss-reactive ketones (excluding diaryl/α,β-unsaturated/α-hetero) is 1. The molecule has 0 amide bonds. The Bertz CT molecular complexity index is 522. The number of halogens is 2. The first-order valence-corrected chi connectivity index (χ1v) is 8.29. The van der Waals surface area contributed by atoms with Crippen LogP contribution in [0.1, 0.15) is 38.2 Å². The molecule has 1 aliphatic carbocycles. The molecule has 0 atom stereocenters. The molecule has 0 saturated heterocycles. The van der Waals surface area contributed by atoms with Crippen molar-refractivity contribution in [2.75, 3.05) is 14.1 Å². The number of hydrogen-bond acceptors (Lipinski definition) is 2. The van der Waals surface area contributed by atoms with Gasteiger partial charge < -0.3 is 0 Å². The van der Waals surface area contributed by atoms with Gasteiger partial charge in [-0.25, -0.2) is 4.39 Å². The first-order valence-electron chi connectivity index (χ1n) is 7.50. The molecule has 21 heavy (non-hydrogen) atoms. The second-order valence-electron chi connectivity index (χ2n) is 6.44. The van der Waals surface area contributed by atoms with E-state index in [0.29, 0.717) is 5.92 Å². The lowest BCUT2D eigenvalue weighted by Gasteiger charge is -2.43. The summed E-state index contributed by atoms with van der Waals surface area (Å²) in [5.74, 6) is 0.592. The Balaban J connectivity index is 2.22. The SMILES string of the molecule is CC1CCC(C(=O)Cc2cc(F)ccc2Br)(N(C)C)CC1. The fraction of sp³-hybridized carbons (Fsp3) is 0.588. The molecule has 2 rings (SSSR count). The number of ketones is 1. The molecular formula is C17H23BrFNO. The summed E-state index contributed by atoms with van der Waals surface area (Å²) in [6.07, 6.45) is 4.23. The van der Waals surface area contributed by atoms with Crippen molar-refractivity contribution in [1.29, 1.82) is 0 Å². The van der Waals surface area contributed by atoms with E-state index in [1.165, 1.54) is 12.1 Å². The van der Waals surface area contributed by atoms with E-state index < -0.39 is 5.54 Å². The fourth-order valence-electron chi connectivity index (χ4n) is 3.23. The van der Waals surface area contributed by atoms with Gasteiger partial charge in [-0.15, -0.1) is 0 Å². The fourth-order valence-corrected chi connectivity index (χ4v) is 3.62. The highest BCUT2D eigenvalue weighted by Crippen LogP contribution is 2.37. The summed E-state index contributed by atoms with van der Waals surface area (Å²) in [7, 11) is 3.96. The topological polar surface area (TPSA) is 20.3 Å². The van der Waals surface area contributed by atoms with Gasteiger partial charge in [-0.3, -0.25) is 9.69 Å². The molecule has 1 aromatic rings. The van der Waals surface area contributed by atoms with Crippen molar-refractivity contribution in [2.24, 2.45) is 5.92 Å². The summed E-state index contributed by atoms with van der Waals surface area (Å²) in [5, 5.41) is 0. The van der Waals surface area contributed by atoms with E-state index in [-0.39, 0.29) is 18.0 Å². The Kier molecular flexibility index (Phi) is 5.20. The van der Waals surface area contributed by atoms with Crippen LogP contribution in [0, 0.1) is 11.7 Å². The maximum absolute atomic E-state index is 13.4. The molecule has 116 valence electrons. The summed E-state index contributed by atoms with van der Waals surface area (Å²) < 4.78 is 14.2. The van der Waals surface area contributed by atoms with E-state index >= 15 is 0 Å². The van der Waals surface area contributed by atoms with Crippen LogP contribution in [0.3, 0.4) is 0 Å². The average molecular weight is 356 g/mol. The maximum Gasteiger partial charge on any atom is 0.157 e. The molecule has 0 bridgehead atoms. The third-order valence-electron chi connectivity index (χ3n) is 4.84. The number of nitrogens with zero attached hydrogens (tertiary/aromatic N) is 1. The van der Waals surface area contributed by atoms with E-state index in [1.807, 2.05) is 14.1 Å². The van der Waals surface area contributed by atoms with Gasteiger partial charge in [0.25, 0.3) is 0 Å². The summed E-state index contributed by atoms with van der Waals surface area (Å²) in [4.78, 5) is 15.0. The first kappa shape index (κ1) is 16.6. The highest BCUT2D eigenvalue weighted by molar-refractivity contribution is 9.10. The predicted octanol–water partition coefficient (Wildman–Crippen LogP) is 4.21. The molecule has 0 aromatic heterocycles. The van der Waals surface area contributed by atoms with Crippen molar-refractivity contribution in [2.45, 2.75) is 44.6 Å². The van der Waals surface area contributed by atoms with Crippen molar-refractivity contribution in [3.05, 3.63) is 34.1 Å². The highest BCUT2D eigenvalue weighted by Gasteiger charge is 2.42. The van der Waals surface area contributed by atoms with Crippen LogP contribution in [0.25, 0.3) is 0 Å². The summed E-state index contributed by atoms with van der Waals surface area (Å²) in [6, 6.07) is 4.53. The molecule has 0 radical (unpaired) electrons. The summed E-state index contributed by atoms with van der Waals surface area (Å²) in [5.41, 5.74) is 0.345. The lowest BCUT2D eigenvalue weighted by molar-refractivity contribution is -0.131. The van der Waals surface area contributed by atoms with E-state index in [0.717, 1.165) is 35.7 Å². The van der Waals surface area contributed by atoms with Gasteiger partial charge in [0.2, 0.25) is 0 Å². The number of carbonyl (C=O) groups is 1. The molecule has 1 fully saturated rings. The minimum Gasteiger partial charge on any atom is -0.297 e.